The maximum Gasteiger partial charge on any atom is 0.0552 e. The van der Waals surface area contributed by atoms with E-state index >= 15 is 0 Å². The summed E-state index contributed by atoms with van der Waals surface area (Å²) < 4.78 is 0. The average Bonchev–Trinajstić information content (AvgIpc) is 2.80. The van der Waals surface area contributed by atoms with Gasteiger partial charge >= 0.3 is 0 Å². The van der Waals surface area contributed by atoms with Gasteiger partial charge in [-0.25, -0.2) is 0 Å². The Morgan fingerprint density at radius 1 is 1.21 bits per heavy atom. The summed E-state index contributed by atoms with van der Waals surface area (Å²) in [7, 11) is 0. The van der Waals surface area contributed by atoms with Crippen LogP contribution in [0.3, 0.4) is 0 Å². The number of rotatable bonds is 4. The van der Waals surface area contributed by atoms with Gasteiger partial charge in [0, 0.05) is 29.9 Å². The minimum atomic E-state index is -0.0504. The van der Waals surface area contributed by atoms with E-state index in [1.807, 2.05) is 6.07 Å². The van der Waals surface area contributed by atoms with Crippen molar-refractivity contribution in [2.45, 2.75) is 18.9 Å². The second kappa shape index (κ2) is 5.08. The molecule has 0 radical (unpaired) electrons. The molecule has 2 heterocycles. The normalized spacial score (nSPS) is 18.2. The van der Waals surface area contributed by atoms with Crippen molar-refractivity contribution < 1.29 is 5.11 Å². The molecule has 0 unspecified atom stereocenters. The molecule has 1 aromatic heterocycles. The standard InChI is InChI=1S/C16H19NOS/c1-13-14(7-8-19-13)9-17-10-16(11-17,12-18)15-5-3-2-4-6-15/h2-8,18H,9-12H2,1H3. The molecule has 2 aromatic rings. The van der Waals surface area contributed by atoms with Crippen molar-refractivity contribution in [3.05, 3.63) is 57.8 Å². The van der Waals surface area contributed by atoms with Gasteiger partial charge in [0.2, 0.25) is 0 Å². The Morgan fingerprint density at radius 3 is 2.53 bits per heavy atom. The lowest BCUT2D eigenvalue weighted by Gasteiger charge is -2.49. The predicted molar refractivity (Wildman–Crippen MR) is 79.5 cm³/mol. The second-order valence-corrected chi connectivity index (χ2v) is 6.57. The van der Waals surface area contributed by atoms with Gasteiger partial charge in [0.1, 0.15) is 0 Å². The number of aliphatic hydroxyl groups is 1. The van der Waals surface area contributed by atoms with Crippen molar-refractivity contribution >= 4 is 11.3 Å². The lowest BCUT2D eigenvalue weighted by Crippen LogP contribution is -2.60. The smallest absolute Gasteiger partial charge is 0.0552 e. The van der Waals surface area contributed by atoms with Crippen LogP contribution in [0.25, 0.3) is 0 Å². The van der Waals surface area contributed by atoms with Crippen LogP contribution in [0.5, 0.6) is 0 Å². The van der Waals surface area contributed by atoms with E-state index < -0.39 is 0 Å². The summed E-state index contributed by atoms with van der Waals surface area (Å²) >= 11 is 1.81. The molecule has 1 saturated heterocycles. The molecule has 0 bridgehead atoms. The van der Waals surface area contributed by atoms with Crippen LogP contribution in [0.1, 0.15) is 16.0 Å². The molecule has 2 nitrogen and oxygen atoms in total. The first-order chi connectivity index (χ1) is 9.23. The van der Waals surface area contributed by atoms with Crippen molar-refractivity contribution in [3.63, 3.8) is 0 Å². The van der Waals surface area contributed by atoms with Gasteiger partial charge in [0.05, 0.1) is 6.61 Å². The first kappa shape index (κ1) is 12.9. The third-order valence-corrected chi connectivity index (χ3v) is 4.99. The first-order valence-corrected chi connectivity index (χ1v) is 7.53. The summed E-state index contributed by atoms with van der Waals surface area (Å²) in [5, 5.41) is 11.9. The van der Waals surface area contributed by atoms with E-state index in [0.29, 0.717) is 0 Å². The van der Waals surface area contributed by atoms with E-state index in [1.54, 1.807) is 11.3 Å². The van der Waals surface area contributed by atoms with Gasteiger partial charge < -0.3 is 5.11 Å². The quantitative estimate of drug-likeness (QED) is 0.926. The maximum absolute atomic E-state index is 9.76. The highest BCUT2D eigenvalue weighted by Crippen LogP contribution is 2.35. The Labute approximate surface area is 118 Å². The monoisotopic (exact) mass is 273 g/mol. The van der Waals surface area contributed by atoms with E-state index in [4.69, 9.17) is 0 Å². The highest BCUT2D eigenvalue weighted by Gasteiger charge is 2.43. The molecule has 0 saturated carbocycles. The molecule has 1 N–H and O–H groups in total. The number of benzene rings is 1. The second-order valence-electron chi connectivity index (χ2n) is 5.45. The predicted octanol–water partition coefficient (Wildman–Crippen LogP) is 2.80. The van der Waals surface area contributed by atoms with E-state index in [1.165, 1.54) is 16.0 Å². The average molecular weight is 273 g/mol. The van der Waals surface area contributed by atoms with Gasteiger partial charge in [-0.05, 0) is 29.5 Å². The lowest BCUT2D eigenvalue weighted by molar-refractivity contribution is 0.0139. The van der Waals surface area contributed by atoms with Crippen LogP contribution >= 0.6 is 11.3 Å². The van der Waals surface area contributed by atoms with Gasteiger partial charge in [-0.3, -0.25) is 4.90 Å². The van der Waals surface area contributed by atoms with Crippen molar-refractivity contribution in [3.8, 4) is 0 Å². The van der Waals surface area contributed by atoms with E-state index in [2.05, 4.69) is 47.5 Å². The van der Waals surface area contributed by atoms with E-state index in [-0.39, 0.29) is 12.0 Å². The van der Waals surface area contributed by atoms with Crippen LogP contribution in [0.15, 0.2) is 41.8 Å². The van der Waals surface area contributed by atoms with Crippen molar-refractivity contribution in [2.24, 2.45) is 0 Å². The van der Waals surface area contributed by atoms with Crippen molar-refractivity contribution in [1.29, 1.82) is 0 Å². The number of aryl methyl sites for hydroxylation is 1. The summed E-state index contributed by atoms with van der Waals surface area (Å²) in [6.45, 7) is 5.31. The number of hydrogen-bond donors (Lipinski definition) is 1. The largest absolute Gasteiger partial charge is 0.395 e. The molecule has 3 rings (SSSR count). The summed E-state index contributed by atoms with van der Waals surface area (Å²) in [5.41, 5.74) is 2.63. The maximum atomic E-state index is 9.76. The molecule has 0 amide bonds. The number of hydrogen-bond acceptors (Lipinski definition) is 3. The highest BCUT2D eigenvalue weighted by molar-refractivity contribution is 7.10. The van der Waals surface area contributed by atoms with Crippen LogP contribution in [0, 0.1) is 6.92 Å². The third kappa shape index (κ3) is 2.34. The number of nitrogens with zero attached hydrogens (tertiary/aromatic N) is 1. The highest BCUT2D eigenvalue weighted by atomic mass is 32.1. The van der Waals surface area contributed by atoms with Crippen molar-refractivity contribution in [1.82, 2.24) is 4.90 Å². The van der Waals surface area contributed by atoms with Crippen LogP contribution < -0.4 is 0 Å². The Bertz CT molecular complexity index is 543. The fourth-order valence-electron chi connectivity index (χ4n) is 2.90. The van der Waals surface area contributed by atoms with Crippen LogP contribution in [-0.2, 0) is 12.0 Å². The molecule has 0 spiro atoms. The molecule has 0 atom stereocenters. The lowest BCUT2D eigenvalue weighted by atomic mass is 9.74. The van der Waals surface area contributed by atoms with Gasteiger partial charge in [-0.2, -0.15) is 0 Å². The van der Waals surface area contributed by atoms with E-state index in [9.17, 15) is 5.11 Å². The molecule has 1 aromatic carbocycles. The minimum absolute atomic E-state index is 0.0504. The Kier molecular flexibility index (Phi) is 3.44. The molecule has 1 fully saturated rings. The zero-order valence-electron chi connectivity index (χ0n) is 11.2. The summed E-state index contributed by atoms with van der Waals surface area (Å²) in [6, 6.07) is 12.6. The molecular formula is C16H19NOS. The Morgan fingerprint density at radius 2 is 1.95 bits per heavy atom. The van der Waals surface area contributed by atoms with Gasteiger partial charge in [-0.15, -0.1) is 11.3 Å². The first-order valence-electron chi connectivity index (χ1n) is 6.65. The molecule has 0 aliphatic carbocycles. The Hall–Kier alpha value is -1.16. The molecule has 1 aliphatic rings. The van der Waals surface area contributed by atoms with E-state index in [0.717, 1.165) is 19.6 Å². The van der Waals surface area contributed by atoms with Gasteiger partial charge in [0.25, 0.3) is 0 Å². The molecule has 100 valence electrons. The minimum Gasteiger partial charge on any atom is -0.395 e. The van der Waals surface area contributed by atoms with Crippen LogP contribution in [0.4, 0.5) is 0 Å². The SMILES string of the molecule is Cc1sccc1CN1CC(CO)(c2ccccc2)C1. The Balaban J connectivity index is 1.69. The van der Waals surface area contributed by atoms with Crippen molar-refractivity contribution in [2.75, 3.05) is 19.7 Å². The molecule has 19 heavy (non-hydrogen) atoms. The number of likely N-dealkylation sites (tertiary alicyclic amines) is 1. The zero-order valence-corrected chi connectivity index (χ0v) is 12.0. The zero-order chi connectivity index (χ0) is 13.3. The summed E-state index contributed by atoms with van der Waals surface area (Å²) in [6.07, 6.45) is 0. The topological polar surface area (TPSA) is 23.5 Å². The van der Waals surface area contributed by atoms with Gasteiger partial charge in [-0.1, -0.05) is 30.3 Å². The van der Waals surface area contributed by atoms with Crippen LogP contribution in [0.2, 0.25) is 0 Å². The fourth-order valence-corrected chi connectivity index (χ4v) is 3.62. The molecule has 3 heteroatoms. The van der Waals surface area contributed by atoms with Crippen LogP contribution in [-0.4, -0.2) is 29.7 Å². The summed E-state index contributed by atoms with van der Waals surface area (Å²) in [5.74, 6) is 0. The third-order valence-electron chi connectivity index (χ3n) is 4.10. The summed E-state index contributed by atoms with van der Waals surface area (Å²) in [4.78, 5) is 3.82. The van der Waals surface area contributed by atoms with Gasteiger partial charge in [0.15, 0.2) is 0 Å². The molecular weight excluding hydrogens is 254 g/mol. The number of thiophene rings is 1. The fraction of sp³-hybridized carbons (Fsp3) is 0.375. The molecule has 1 aliphatic heterocycles. The number of aliphatic hydroxyl groups excluding tert-OH is 1.